The van der Waals surface area contributed by atoms with Crippen LogP contribution in [0.2, 0.25) is 0 Å². The zero-order valence-corrected chi connectivity index (χ0v) is 22.4. The van der Waals surface area contributed by atoms with Crippen LogP contribution in [0.5, 0.6) is 5.75 Å². The first kappa shape index (κ1) is 29.6. The highest BCUT2D eigenvalue weighted by Gasteiger charge is 2.28. The Hall–Kier alpha value is -3.98. The molecule has 0 bridgehead atoms. The van der Waals surface area contributed by atoms with Gasteiger partial charge in [-0.2, -0.15) is 0 Å². The SMILES string of the molecule is CC(C)CC(NC(=O)C(Cc1ccc(OP(=O)(O)O)cc1)NC(=O)c1ccc(-c2ccccc2)cc1)C(=O)O. The number of rotatable bonds is 12. The van der Waals surface area contributed by atoms with Gasteiger partial charge in [0.05, 0.1) is 0 Å². The van der Waals surface area contributed by atoms with Crippen molar-refractivity contribution in [3.63, 3.8) is 0 Å². The third-order valence-corrected chi connectivity index (χ3v) is 6.23. The Bertz CT molecular complexity index is 1320. The summed E-state index contributed by atoms with van der Waals surface area (Å²) < 4.78 is 15.6. The molecule has 39 heavy (non-hydrogen) atoms. The van der Waals surface area contributed by atoms with E-state index in [9.17, 15) is 24.1 Å². The van der Waals surface area contributed by atoms with E-state index in [2.05, 4.69) is 15.2 Å². The average molecular weight is 555 g/mol. The van der Waals surface area contributed by atoms with Gasteiger partial charge in [0, 0.05) is 12.0 Å². The molecule has 0 aliphatic heterocycles. The maximum absolute atomic E-state index is 13.2. The molecule has 0 fully saturated rings. The third kappa shape index (κ3) is 9.37. The van der Waals surface area contributed by atoms with Crippen molar-refractivity contribution in [2.45, 2.75) is 38.8 Å². The molecule has 0 saturated carbocycles. The quantitative estimate of drug-likeness (QED) is 0.211. The Balaban J connectivity index is 1.80. The zero-order valence-electron chi connectivity index (χ0n) is 21.5. The van der Waals surface area contributed by atoms with Crippen molar-refractivity contribution in [1.29, 1.82) is 0 Å². The largest absolute Gasteiger partial charge is 0.524 e. The number of phosphoric acid groups is 1. The van der Waals surface area contributed by atoms with Gasteiger partial charge in [0.2, 0.25) is 5.91 Å². The fourth-order valence-corrected chi connectivity index (χ4v) is 4.32. The molecule has 2 amide bonds. The number of nitrogens with one attached hydrogen (secondary N) is 2. The molecule has 0 aliphatic carbocycles. The molecule has 0 aliphatic rings. The lowest BCUT2D eigenvalue weighted by atomic mass is 10.0. The predicted octanol–water partition coefficient (Wildman–Crippen LogP) is 3.78. The van der Waals surface area contributed by atoms with Crippen molar-refractivity contribution < 1.29 is 38.4 Å². The molecule has 3 aromatic rings. The van der Waals surface area contributed by atoms with Gasteiger partial charge < -0.3 is 20.3 Å². The molecule has 0 spiro atoms. The van der Waals surface area contributed by atoms with Gasteiger partial charge in [0.25, 0.3) is 5.91 Å². The Morgan fingerprint density at radius 2 is 1.41 bits per heavy atom. The summed E-state index contributed by atoms with van der Waals surface area (Å²) in [5.74, 6) is -2.44. The summed E-state index contributed by atoms with van der Waals surface area (Å²) in [7, 11) is -4.74. The normalized spacial score (nSPS) is 12.8. The van der Waals surface area contributed by atoms with Crippen LogP contribution in [0.25, 0.3) is 11.1 Å². The number of hydrogen-bond acceptors (Lipinski definition) is 5. The molecule has 2 atom stereocenters. The minimum atomic E-state index is -4.74. The smallest absolute Gasteiger partial charge is 0.480 e. The Labute approximate surface area is 226 Å². The Kier molecular flexibility index (Phi) is 10.0. The lowest BCUT2D eigenvalue weighted by molar-refractivity contribution is -0.142. The average Bonchev–Trinajstić information content (AvgIpc) is 2.88. The molecule has 206 valence electrons. The molecule has 2 unspecified atom stereocenters. The summed E-state index contributed by atoms with van der Waals surface area (Å²) in [6.07, 6.45) is 0.195. The van der Waals surface area contributed by atoms with E-state index in [1.807, 2.05) is 44.2 Å². The second-order valence-corrected chi connectivity index (χ2v) is 10.6. The Morgan fingerprint density at radius 1 is 0.821 bits per heavy atom. The number of carbonyl (C=O) groups is 3. The van der Waals surface area contributed by atoms with Gasteiger partial charge in [-0.3, -0.25) is 19.4 Å². The molecular formula is C28H31N2O8P. The zero-order chi connectivity index (χ0) is 28.6. The number of amides is 2. The van der Waals surface area contributed by atoms with Crippen LogP contribution in [0.4, 0.5) is 0 Å². The number of phosphoric ester groups is 1. The molecule has 11 heteroatoms. The lowest BCUT2D eigenvalue weighted by Crippen LogP contribution is -2.52. The molecular weight excluding hydrogens is 523 g/mol. The van der Waals surface area contributed by atoms with Crippen molar-refractivity contribution in [2.75, 3.05) is 0 Å². The van der Waals surface area contributed by atoms with Crippen LogP contribution in [0.3, 0.4) is 0 Å². The van der Waals surface area contributed by atoms with E-state index in [1.54, 1.807) is 24.3 Å². The van der Waals surface area contributed by atoms with Crippen molar-refractivity contribution >= 4 is 25.6 Å². The van der Waals surface area contributed by atoms with E-state index in [4.69, 9.17) is 9.79 Å². The third-order valence-electron chi connectivity index (χ3n) is 5.79. The summed E-state index contributed by atoms with van der Waals surface area (Å²) in [6, 6.07) is 19.9. The van der Waals surface area contributed by atoms with Crippen LogP contribution in [0.1, 0.15) is 36.2 Å². The van der Waals surface area contributed by atoms with E-state index < -0.39 is 37.7 Å². The van der Waals surface area contributed by atoms with Crippen molar-refractivity contribution in [2.24, 2.45) is 5.92 Å². The van der Waals surface area contributed by atoms with Crippen molar-refractivity contribution in [3.8, 4) is 16.9 Å². The summed E-state index contributed by atoms with van der Waals surface area (Å²) in [5.41, 5.74) is 2.76. The molecule has 3 rings (SSSR count). The van der Waals surface area contributed by atoms with E-state index in [1.165, 1.54) is 24.3 Å². The van der Waals surface area contributed by atoms with Crippen LogP contribution < -0.4 is 15.2 Å². The molecule has 0 radical (unpaired) electrons. The molecule has 0 saturated heterocycles. The minimum absolute atomic E-state index is 0.00383. The van der Waals surface area contributed by atoms with Crippen LogP contribution >= 0.6 is 7.82 Å². The molecule has 10 nitrogen and oxygen atoms in total. The van der Waals surface area contributed by atoms with E-state index in [0.717, 1.165) is 11.1 Å². The van der Waals surface area contributed by atoms with Crippen LogP contribution in [0.15, 0.2) is 78.9 Å². The number of aliphatic carboxylic acids is 1. The van der Waals surface area contributed by atoms with Gasteiger partial charge in [-0.25, -0.2) is 9.36 Å². The van der Waals surface area contributed by atoms with Gasteiger partial charge in [-0.15, -0.1) is 0 Å². The highest BCUT2D eigenvalue weighted by Crippen LogP contribution is 2.37. The second-order valence-electron chi connectivity index (χ2n) is 9.43. The van der Waals surface area contributed by atoms with E-state index in [-0.39, 0.29) is 24.5 Å². The minimum Gasteiger partial charge on any atom is -0.480 e. The van der Waals surface area contributed by atoms with Crippen molar-refractivity contribution in [1.82, 2.24) is 10.6 Å². The van der Waals surface area contributed by atoms with Crippen LogP contribution in [-0.4, -0.2) is 44.8 Å². The summed E-state index contributed by atoms with van der Waals surface area (Å²) in [5, 5.41) is 14.8. The molecule has 5 N–H and O–H groups in total. The number of hydrogen-bond donors (Lipinski definition) is 5. The highest BCUT2D eigenvalue weighted by atomic mass is 31.2. The standard InChI is InChI=1S/C28H31N2O8P/c1-18(2)16-25(28(33)34)30-27(32)24(17-19-8-14-23(15-9-19)38-39(35,36)37)29-26(31)22-12-10-21(11-13-22)20-6-4-3-5-7-20/h3-15,18,24-25H,16-17H2,1-2H3,(H,29,31)(H,30,32)(H,33,34)(H2,35,36,37). The van der Waals surface area contributed by atoms with Gasteiger partial charge in [-0.05, 0) is 53.3 Å². The lowest BCUT2D eigenvalue weighted by Gasteiger charge is -2.23. The summed E-state index contributed by atoms with van der Waals surface area (Å²) in [4.78, 5) is 56.0. The molecule has 0 aromatic heterocycles. The topological polar surface area (TPSA) is 162 Å². The van der Waals surface area contributed by atoms with E-state index in [0.29, 0.717) is 11.1 Å². The first-order valence-electron chi connectivity index (χ1n) is 12.2. The van der Waals surface area contributed by atoms with Gasteiger partial charge in [0.15, 0.2) is 0 Å². The fraction of sp³-hybridized carbons (Fsp3) is 0.250. The summed E-state index contributed by atoms with van der Waals surface area (Å²) >= 11 is 0. The van der Waals surface area contributed by atoms with Crippen molar-refractivity contribution in [3.05, 3.63) is 90.0 Å². The first-order chi connectivity index (χ1) is 18.4. The number of carbonyl (C=O) groups excluding carboxylic acids is 2. The maximum Gasteiger partial charge on any atom is 0.524 e. The maximum atomic E-state index is 13.2. The Morgan fingerprint density at radius 3 is 1.95 bits per heavy atom. The highest BCUT2D eigenvalue weighted by molar-refractivity contribution is 7.46. The van der Waals surface area contributed by atoms with Gasteiger partial charge in [-0.1, -0.05) is 68.4 Å². The van der Waals surface area contributed by atoms with Gasteiger partial charge >= 0.3 is 13.8 Å². The second kappa shape index (κ2) is 13.2. The number of benzene rings is 3. The number of carboxylic acid groups (broad SMARTS) is 1. The monoisotopic (exact) mass is 554 g/mol. The van der Waals surface area contributed by atoms with Gasteiger partial charge in [0.1, 0.15) is 17.8 Å². The van der Waals surface area contributed by atoms with Crippen LogP contribution in [-0.2, 0) is 20.6 Å². The van der Waals surface area contributed by atoms with Crippen LogP contribution in [0, 0.1) is 5.92 Å². The summed E-state index contributed by atoms with van der Waals surface area (Å²) in [6.45, 7) is 3.67. The molecule has 0 heterocycles. The fourth-order valence-electron chi connectivity index (χ4n) is 3.92. The number of carboxylic acids is 1. The predicted molar refractivity (Wildman–Crippen MR) is 145 cm³/mol. The molecule has 3 aromatic carbocycles. The first-order valence-corrected chi connectivity index (χ1v) is 13.8. The van der Waals surface area contributed by atoms with E-state index >= 15 is 0 Å².